The molecule has 0 saturated heterocycles. The number of carbonyl (C=O) groups is 2. The molecule has 0 spiro atoms. The average molecular weight is 637 g/mol. The molecule has 0 heterocycles. The Kier molecular flexibility index (Phi) is 7.35. The van der Waals surface area contributed by atoms with Gasteiger partial charge in [-0.15, -0.1) is 0 Å². The zero-order valence-electron chi connectivity index (χ0n) is 24.6. The first-order valence-electron chi connectivity index (χ1n) is 15.3. The van der Waals surface area contributed by atoms with Gasteiger partial charge in [0.15, 0.2) is 0 Å². The zero-order chi connectivity index (χ0) is 31.3. The first kappa shape index (κ1) is 31.5. The molecule has 0 aromatic carbocycles. The van der Waals surface area contributed by atoms with Crippen LogP contribution in [-0.2, 0) is 38.7 Å². The van der Waals surface area contributed by atoms with Gasteiger partial charge in [-0.1, -0.05) is 13.8 Å². The molecule has 8 bridgehead atoms. The molecular formula is C29H42F2O11S. The van der Waals surface area contributed by atoms with Crippen molar-refractivity contribution in [3.05, 3.63) is 0 Å². The summed E-state index contributed by atoms with van der Waals surface area (Å²) >= 11 is 0. The Morgan fingerprint density at radius 3 is 1.88 bits per heavy atom. The normalized spacial score (nSPS) is 44.7. The van der Waals surface area contributed by atoms with Gasteiger partial charge in [0.2, 0.25) is 0 Å². The quantitative estimate of drug-likeness (QED) is 0.173. The van der Waals surface area contributed by atoms with Crippen LogP contribution < -0.4 is 0 Å². The van der Waals surface area contributed by atoms with E-state index in [1.54, 1.807) is 0 Å². The van der Waals surface area contributed by atoms with Crippen LogP contribution in [0.1, 0.15) is 84.5 Å². The van der Waals surface area contributed by atoms with Crippen molar-refractivity contribution in [2.75, 3.05) is 19.8 Å². The van der Waals surface area contributed by atoms with Crippen molar-refractivity contribution in [1.29, 1.82) is 0 Å². The first-order valence-corrected chi connectivity index (χ1v) is 16.7. The van der Waals surface area contributed by atoms with Crippen LogP contribution in [0.4, 0.5) is 8.78 Å². The molecule has 8 aliphatic carbocycles. The van der Waals surface area contributed by atoms with Crippen LogP contribution >= 0.6 is 0 Å². The fourth-order valence-electron chi connectivity index (χ4n) is 10.9. The topological polar surface area (TPSA) is 166 Å². The number of halogens is 2. The highest BCUT2D eigenvalue weighted by atomic mass is 32.2. The van der Waals surface area contributed by atoms with Gasteiger partial charge in [-0.05, 0) is 61.7 Å². The molecule has 8 fully saturated rings. The Bertz CT molecular complexity index is 1220. The second-order valence-corrected chi connectivity index (χ2v) is 16.4. The number of ether oxygens (including phenoxy) is 4. The van der Waals surface area contributed by atoms with E-state index in [0.29, 0.717) is 17.8 Å². The Hall–Kier alpha value is -1.45. The minimum absolute atomic E-state index is 0.0100. The molecule has 3 N–H and O–H groups in total. The molecule has 0 amide bonds. The predicted octanol–water partition coefficient (Wildman–Crippen LogP) is 2.76. The molecule has 244 valence electrons. The minimum Gasteiger partial charge on any atom is -0.462 e. The van der Waals surface area contributed by atoms with Crippen LogP contribution in [0.25, 0.3) is 0 Å². The van der Waals surface area contributed by atoms with Crippen LogP contribution in [-0.4, -0.2) is 88.2 Å². The number of hydrogen-bond donors (Lipinski definition) is 3. The SMILES string of the molecule is CC(C)C1(OCCOC(=O)COC23CC4(O)CC(O)(C2)CC(OC(=O)C(F)(F)S(=O)(=O)O)(C4)C3)C2CC3CC(C2)CC1C3. The maximum absolute atomic E-state index is 14.0. The molecule has 0 radical (unpaired) electrons. The van der Waals surface area contributed by atoms with E-state index in [4.69, 9.17) is 23.5 Å². The standard InChI is InChI=1S/C29H42F2O11S/c1-17(2)28(20-6-18-5-19(8-20)9-21(28)7-18)40-4-3-39-22(32)10-41-26-12-24(34)11-25(35,13-26)15-27(14-24,16-26)42-23(33)29(30,31)43(36,37)38/h17-21,34-35H,3-16H2,1-2H3,(H,36,37,38). The molecule has 0 aromatic rings. The molecule has 14 heteroatoms. The summed E-state index contributed by atoms with van der Waals surface area (Å²) < 4.78 is 81.9. The van der Waals surface area contributed by atoms with E-state index in [1.165, 1.54) is 32.1 Å². The van der Waals surface area contributed by atoms with Crippen molar-refractivity contribution in [2.45, 2.75) is 118 Å². The third-order valence-electron chi connectivity index (χ3n) is 11.3. The zero-order valence-corrected chi connectivity index (χ0v) is 25.4. The lowest BCUT2D eigenvalue weighted by Gasteiger charge is -2.66. The highest BCUT2D eigenvalue weighted by Crippen LogP contribution is 2.64. The van der Waals surface area contributed by atoms with Gasteiger partial charge in [0.05, 0.1) is 29.0 Å². The van der Waals surface area contributed by atoms with E-state index in [2.05, 4.69) is 13.8 Å². The molecule has 0 aromatic heterocycles. The van der Waals surface area contributed by atoms with Crippen LogP contribution in [0.15, 0.2) is 0 Å². The molecule has 8 aliphatic rings. The molecule has 8 rings (SSSR count). The van der Waals surface area contributed by atoms with Crippen LogP contribution in [0, 0.1) is 29.6 Å². The monoisotopic (exact) mass is 636 g/mol. The molecule has 2 atom stereocenters. The summed E-state index contributed by atoms with van der Waals surface area (Å²) in [6, 6.07) is 0. The smallest absolute Gasteiger partial charge is 0.462 e. The summed E-state index contributed by atoms with van der Waals surface area (Å²) in [5, 5.41) is 17.1. The highest BCUT2D eigenvalue weighted by Gasteiger charge is 2.71. The maximum atomic E-state index is 14.0. The Morgan fingerprint density at radius 2 is 1.37 bits per heavy atom. The van der Waals surface area contributed by atoms with E-state index in [9.17, 15) is 37.0 Å². The third kappa shape index (κ3) is 5.31. The lowest BCUT2D eigenvalue weighted by Crippen LogP contribution is -2.73. The fraction of sp³-hybridized carbons (Fsp3) is 0.931. The lowest BCUT2D eigenvalue weighted by atomic mass is 9.47. The summed E-state index contributed by atoms with van der Waals surface area (Å²) in [5.41, 5.74) is -6.91. The molecule has 2 unspecified atom stereocenters. The van der Waals surface area contributed by atoms with Crippen molar-refractivity contribution in [2.24, 2.45) is 29.6 Å². The summed E-state index contributed by atoms with van der Waals surface area (Å²) in [7, 11) is -6.12. The second kappa shape index (κ2) is 10.0. The number of aliphatic hydroxyl groups is 2. The van der Waals surface area contributed by atoms with Gasteiger partial charge in [-0.25, -0.2) is 9.59 Å². The van der Waals surface area contributed by atoms with Gasteiger partial charge in [-0.2, -0.15) is 17.2 Å². The number of carbonyl (C=O) groups excluding carboxylic acids is 2. The Balaban J connectivity index is 1.06. The number of esters is 2. The molecule has 43 heavy (non-hydrogen) atoms. The summed E-state index contributed by atoms with van der Waals surface area (Å²) in [5.74, 6) is -0.314. The van der Waals surface area contributed by atoms with E-state index in [0.717, 1.165) is 11.8 Å². The molecule has 0 aliphatic heterocycles. The van der Waals surface area contributed by atoms with Crippen molar-refractivity contribution in [3.63, 3.8) is 0 Å². The first-order chi connectivity index (χ1) is 19.8. The number of hydrogen-bond acceptors (Lipinski definition) is 10. The Labute approximate surface area is 249 Å². The molecule has 11 nitrogen and oxygen atoms in total. The van der Waals surface area contributed by atoms with Crippen LogP contribution in [0.2, 0.25) is 0 Å². The lowest BCUT2D eigenvalue weighted by molar-refractivity contribution is -0.312. The van der Waals surface area contributed by atoms with Gasteiger partial charge in [0.1, 0.15) is 18.8 Å². The molecule has 8 saturated carbocycles. The summed E-state index contributed by atoms with van der Waals surface area (Å²) in [6.45, 7) is 4.07. The largest absolute Gasteiger partial charge is 0.465 e. The summed E-state index contributed by atoms with van der Waals surface area (Å²) in [6.07, 6.45) is 4.85. The van der Waals surface area contributed by atoms with Crippen molar-refractivity contribution in [1.82, 2.24) is 0 Å². The number of alkyl halides is 2. The fourth-order valence-corrected chi connectivity index (χ4v) is 11.1. The van der Waals surface area contributed by atoms with Crippen LogP contribution in [0.3, 0.4) is 0 Å². The van der Waals surface area contributed by atoms with Gasteiger partial charge >= 0.3 is 27.3 Å². The van der Waals surface area contributed by atoms with Gasteiger partial charge in [0, 0.05) is 38.5 Å². The third-order valence-corrected chi connectivity index (χ3v) is 12.1. The van der Waals surface area contributed by atoms with Gasteiger partial charge < -0.3 is 29.2 Å². The average Bonchev–Trinajstić information content (AvgIpc) is 2.83. The van der Waals surface area contributed by atoms with Crippen molar-refractivity contribution in [3.8, 4) is 0 Å². The van der Waals surface area contributed by atoms with Gasteiger partial charge in [0.25, 0.3) is 0 Å². The van der Waals surface area contributed by atoms with Crippen molar-refractivity contribution < 1.29 is 60.5 Å². The minimum atomic E-state index is -6.12. The second-order valence-electron chi connectivity index (χ2n) is 14.9. The van der Waals surface area contributed by atoms with E-state index in [1.807, 2.05) is 0 Å². The molecular weight excluding hydrogens is 594 g/mol. The van der Waals surface area contributed by atoms with Crippen molar-refractivity contribution >= 4 is 22.1 Å². The van der Waals surface area contributed by atoms with E-state index >= 15 is 0 Å². The van der Waals surface area contributed by atoms with E-state index < -0.39 is 56.3 Å². The van der Waals surface area contributed by atoms with Crippen LogP contribution in [0.5, 0.6) is 0 Å². The van der Waals surface area contributed by atoms with E-state index in [-0.39, 0.29) is 57.3 Å². The summed E-state index contributed by atoms with van der Waals surface area (Å²) in [4.78, 5) is 24.9. The predicted molar refractivity (Wildman–Crippen MR) is 143 cm³/mol. The Morgan fingerprint density at radius 1 is 0.837 bits per heavy atom. The van der Waals surface area contributed by atoms with Gasteiger partial charge in [-0.3, -0.25) is 4.55 Å². The maximum Gasteiger partial charge on any atom is 0.465 e. The highest BCUT2D eigenvalue weighted by molar-refractivity contribution is 7.87. The number of rotatable bonds is 11.